The zero-order valence-corrected chi connectivity index (χ0v) is 23.0. The van der Waals surface area contributed by atoms with Crippen LogP contribution in [0.5, 0.6) is 5.75 Å². The predicted octanol–water partition coefficient (Wildman–Crippen LogP) is 3.67. The van der Waals surface area contributed by atoms with E-state index in [1.165, 1.54) is 31.4 Å². The van der Waals surface area contributed by atoms with Crippen molar-refractivity contribution >= 4 is 21.9 Å². The van der Waals surface area contributed by atoms with Crippen molar-refractivity contribution in [1.29, 1.82) is 0 Å². The van der Waals surface area contributed by atoms with Gasteiger partial charge in [-0.15, -0.1) is 0 Å². The molecule has 2 atom stereocenters. The Morgan fingerprint density at radius 3 is 2.36 bits per heavy atom. The third-order valence-corrected chi connectivity index (χ3v) is 7.88. The van der Waals surface area contributed by atoms with E-state index >= 15 is 8.78 Å². The van der Waals surface area contributed by atoms with Gasteiger partial charge in [-0.05, 0) is 35.7 Å². The molecule has 2 aromatic rings. The SMILES string of the molecule is COc1ccc(S(=O)(=O)N(CC(C)C)CC(F)(F)C(=O)[C@@H](Cc2ccccc2)NC(=O)O[C@H]2CCOC2)cc1. The van der Waals surface area contributed by atoms with Crippen molar-refractivity contribution in [3.05, 3.63) is 60.2 Å². The molecule has 0 aliphatic carbocycles. The van der Waals surface area contributed by atoms with Gasteiger partial charge in [0.2, 0.25) is 15.8 Å². The number of methoxy groups -OCH3 is 1. The first-order valence-corrected chi connectivity index (χ1v) is 14.0. The first kappa shape index (κ1) is 30.5. The Morgan fingerprint density at radius 2 is 1.79 bits per heavy atom. The number of alkyl halides is 2. The quantitative estimate of drug-likeness (QED) is 0.393. The average molecular weight is 569 g/mol. The van der Waals surface area contributed by atoms with Crippen molar-refractivity contribution in [2.75, 3.05) is 33.4 Å². The number of carbonyl (C=O) groups is 2. The number of benzene rings is 2. The molecule has 0 aromatic heterocycles. The molecule has 1 N–H and O–H groups in total. The highest BCUT2D eigenvalue weighted by molar-refractivity contribution is 7.89. The maximum Gasteiger partial charge on any atom is 0.408 e. The molecule has 1 saturated heterocycles. The molecule has 12 heteroatoms. The highest BCUT2D eigenvalue weighted by atomic mass is 32.2. The number of nitrogens with one attached hydrogen (secondary N) is 1. The normalized spacial score (nSPS) is 16.7. The van der Waals surface area contributed by atoms with Gasteiger partial charge in [0, 0.05) is 19.4 Å². The van der Waals surface area contributed by atoms with Gasteiger partial charge in [-0.2, -0.15) is 13.1 Å². The lowest BCUT2D eigenvalue weighted by molar-refractivity contribution is -0.146. The number of alkyl carbamates (subject to hydrolysis) is 1. The second-order valence-corrected chi connectivity index (χ2v) is 11.7. The van der Waals surface area contributed by atoms with Gasteiger partial charge < -0.3 is 19.5 Å². The highest BCUT2D eigenvalue weighted by Crippen LogP contribution is 2.27. The maximum absolute atomic E-state index is 15.6. The lowest BCUT2D eigenvalue weighted by atomic mass is 9.98. The van der Waals surface area contributed by atoms with Gasteiger partial charge in [0.05, 0.1) is 31.8 Å². The fraction of sp³-hybridized carbons (Fsp3) is 0.481. The van der Waals surface area contributed by atoms with Crippen molar-refractivity contribution in [1.82, 2.24) is 9.62 Å². The van der Waals surface area contributed by atoms with Crippen LogP contribution in [0.4, 0.5) is 13.6 Å². The van der Waals surface area contributed by atoms with Gasteiger partial charge in [0.15, 0.2) is 0 Å². The summed E-state index contributed by atoms with van der Waals surface area (Å²) >= 11 is 0. The van der Waals surface area contributed by atoms with Crippen molar-refractivity contribution in [2.45, 2.75) is 49.7 Å². The third kappa shape index (κ3) is 8.45. The minimum atomic E-state index is -4.39. The number of rotatable bonds is 13. The molecule has 0 spiro atoms. The van der Waals surface area contributed by atoms with Gasteiger partial charge >= 0.3 is 12.0 Å². The number of amides is 1. The highest BCUT2D eigenvalue weighted by Gasteiger charge is 2.47. The molecule has 1 fully saturated rings. The molecule has 2 aromatic carbocycles. The van der Waals surface area contributed by atoms with E-state index in [1.54, 1.807) is 44.2 Å². The van der Waals surface area contributed by atoms with E-state index in [4.69, 9.17) is 14.2 Å². The molecule has 0 saturated carbocycles. The lowest BCUT2D eigenvalue weighted by Gasteiger charge is -2.29. The fourth-order valence-corrected chi connectivity index (χ4v) is 5.70. The standard InChI is InChI=1S/C27H34F2N2O7S/c1-19(2)16-31(39(34,35)23-11-9-21(36-3)10-12-23)18-27(28,29)25(32)24(15-20-7-5-4-6-8-20)30-26(33)38-22-13-14-37-17-22/h4-12,19,22,24H,13-18H2,1-3H3,(H,30,33)/t22-,24+/m0/s1. The largest absolute Gasteiger partial charge is 0.497 e. The summed E-state index contributed by atoms with van der Waals surface area (Å²) < 4.78 is 73.9. The molecule has 9 nitrogen and oxygen atoms in total. The van der Waals surface area contributed by atoms with Crippen LogP contribution in [0.25, 0.3) is 0 Å². The monoisotopic (exact) mass is 568 g/mol. The van der Waals surface area contributed by atoms with E-state index in [0.29, 0.717) is 28.6 Å². The molecule has 1 amide bonds. The number of sulfonamides is 1. The summed E-state index contributed by atoms with van der Waals surface area (Å²) in [4.78, 5) is 25.5. The Kier molecular flexibility index (Phi) is 10.4. The Hall–Kier alpha value is -3.09. The summed E-state index contributed by atoms with van der Waals surface area (Å²) in [6, 6.07) is 12.0. The third-order valence-electron chi connectivity index (χ3n) is 6.05. The molecule has 1 aliphatic rings. The molecule has 1 heterocycles. The lowest BCUT2D eigenvalue weighted by Crippen LogP contribution is -2.54. The van der Waals surface area contributed by atoms with Crippen molar-refractivity contribution in [3.8, 4) is 5.75 Å². The summed E-state index contributed by atoms with van der Waals surface area (Å²) in [6.07, 6.45) is -1.36. The topological polar surface area (TPSA) is 111 Å². The Morgan fingerprint density at radius 1 is 1.13 bits per heavy atom. The first-order valence-electron chi connectivity index (χ1n) is 12.6. The minimum absolute atomic E-state index is 0.175. The van der Waals surface area contributed by atoms with Crippen molar-refractivity contribution in [3.63, 3.8) is 0 Å². The summed E-state index contributed by atoms with van der Waals surface area (Å²) in [6.45, 7) is 2.29. The zero-order chi connectivity index (χ0) is 28.6. The second kappa shape index (κ2) is 13.3. The molecule has 3 rings (SSSR count). The molecule has 214 valence electrons. The number of ether oxygens (including phenoxy) is 3. The molecule has 0 bridgehead atoms. The van der Waals surface area contributed by atoms with Crippen LogP contribution in [0, 0.1) is 5.92 Å². The minimum Gasteiger partial charge on any atom is -0.497 e. The Balaban J connectivity index is 1.85. The summed E-state index contributed by atoms with van der Waals surface area (Å²) in [5.74, 6) is -5.66. The van der Waals surface area contributed by atoms with Crippen molar-refractivity contribution < 1.29 is 41.0 Å². The molecule has 1 aliphatic heterocycles. The number of halogens is 2. The van der Waals surface area contributed by atoms with Crippen LogP contribution in [-0.4, -0.2) is 76.1 Å². The van der Waals surface area contributed by atoms with Gasteiger partial charge in [0.1, 0.15) is 17.9 Å². The van der Waals surface area contributed by atoms with E-state index in [1.807, 2.05) is 0 Å². The van der Waals surface area contributed by atoms with Crippen LogP contribution >= 0.6 is 0 Å². The second-order valence-electron chi connectivity index (χ2n) is 9.71. The van der Waals surface area contributed by atoms with Crippen LogP contribution in [-0.2, 0) is 30.7 Å². The molecular weight excluding hydrogens is 534 g/mol. The van der Waals surface area contributed by atoms with Crippen LogP contribution < -0.4 is 10.1 Å². The number of nitrogens with zero attached hydrogens (tertiary/aromatic N) is 1. The smallest absolute Gasteiger partial charge is 0.408 e. The van der Waals surface area contributed by atoms with E-state index < -0.39 is 46.5 Å². The van der Waals surface area contributed by atoms with Crippen LogP contribution in [0.15, 0.2) is 59.5 Å². The number of Topliss-reactive ketones (excluding diaryl/α,β-unsaturated/α-hetero) is 1. The number of ketones is 1. The van der Waals surface area contributed by atoms with Crippen LogP contribution in [0.1, 0.15) is 25.8 Å². The van der Waals surface area contributed by atoms with Gasteiger partial charge in [-0.3, -0.25) is 4.79 Å². The molecule has 0 unspecified atom stereocenters. The fourth-order valence-electron chi connectivity index (χ4n) is 4.10. The van der Waals surface area contributed by atoms with Crippen molar-refractivity contribution in [2.24, 2.45) is 5.92 Å². The molecular formula is C27H34F2N2O7S. The predicted molar refractivity (Wildman–Crippen MR) is 139 cm³/mol. The summed E-state index contributed by atoms with van der Waals surface area (Å²) in [7, 11) is -2.98. The van der Waals surface area contributed by atoms with Crippen LogP contribution in [0.3, 0.4) is 0 Å². The van der Waals surface area contributed by atoms with E-state index in [-0.39, 0.29) is 30.4 Å². The number of carbonyl (C=O) groups excluding carboxylic acids is 2. The van der Waals surface area contributed by atoms with Crippen LogP contribution in [0.2, 0.25) is 0 Å². The maximum atomic E-state index is 15.6. The summed E-state index contributed by atoms with van der Waals surface area (Å²) in [5, 5.41) is 2.27. The van der Waals surface area contributed by atoms with Gasteiger partial charge in [0.25, 0.3) is 0 Å². The van der Waals surface area contributed by atoms with Gasteiger partial charge in [-0.25, -0.2) is 13.2 Å². The molecule has 39 heavy (non-hydrogen) atoms. The zero-order valence-electron chi connectivity index (χ0n) is 22.1. The first-order chi connectivity index (χ1) is 18.4. The number of hydrogen-bond acceptors (Lipinski definition) is 7. The average Bonchev–Trinajstić information content (AvgIpc) is 3.40. The van der Waals surface area contributed by atoms with Gasteiger partial charge in [-0.1, -0.05) is 44.2 Å². The van der Waals surface area contributed by atoms with E-state index in [2.05, 4.69) is 5.32 Å². The molecule has 0 radical (unpaired) electrons. The Bertz CT molecular complexity index is 1200. The summed E-state index contributed by atoms with van der Waals surface area (Å²) in [5.41, 5.74) is 0.529. The van der Waals surface area contributed by atoms with E-state index in [9.17, 15) is 18.0 Å². The Labute approximate surface area is 227 Å². The van der Waals surface area contributed by atoms with E-state index in [0.717, 1.165) is 0 Å². The number of hydrogen-bond donors (Lipinski definition) is 1.